The standard InChI is InChI=1S/C10H11N3O/c1-7(2)9-5-8(12-6-13-9)3-4-10(11)14/h5-7H,1-2H3,(H2,11,14). The predicted octanol–water partition coefficient (Wildman–Crippen LogP) is 0.437. The highest BCUT2D eigenvalue weighted by Gasteiger charge is 2.00. The fourth-order valence-electron chi connectivity index (χ4n) is 0.882. The zero-order chi connectivity index (χ0) is 10.6. The molecule has 0 aliphatic carbocycles. The van der Waals surface area contributed by atoms with Gasteiger partial charge in [-0.3, -0.25) is 4.79 Å². The first-order valence-corrected chi connectivity index (χ1v) is 4.23. The number of amides is 1. The number of primary amides is 1. The van der Waals surface area contributed by atoms with Crippen LogP contribution in [0.15, 0.2) is 12.4 Å². The summed E-state index contributed by atoms with van der Waals surface area (Å²) < 4.78 is 0. The largest absolute Gasteiger partial charge is 0.359 e. The molecule has 1 amide bonds. The maximum Gasteiger partial charge on any atom is 0.293 e. The van der Waals surface area contributed by atoms with Gasteiger partial charge >= 0.3 is 0 Å². The van der Waals surface area contributed by atoms with E-state index in [0.29, 0.717) is 11.6 Å². The van der Waals surface area contributed by atoms with Gasteiger partial charge in [0.15, 0.2) is 0 Å². The molecule has 72 valence electrons. The van der Waals surface area contributed by atoms with Gasteiger partial charge in [0, 0.05) is 11.6 Å². The van der Waals surface area contributed by atoms with Gasteiger partial charge in [-0.05, 0) is 17.9 Å². The Labute approximate surface area is 82.6 Å². The second kappa shape index (κ2) is 4.38. The summed E-state index contributed by atoms with van der Waals surface area (Å²) in [6, 6.07) is 1.75. The van der Waals surface area contributed by atoms with Crippen molar-refractivity contribution in [3.63, 3.8) is 0 Å². The summed E-state index contributed by atoms with van der Waals surface area (Å²) >= 11 is 0. The topological polar surface area (TPSA) is 68.9 Å². The molecule has 2 N–H and O–H groups in total. The average molecular weight is 189 g/mol. The Hall–Kier alpha value is -1.89. The Bertz CT molecular complexity index is 401. The maximum absolute atomic E-state index is 10.4. The van der Waals surface area contributed by atoms with Gasteiger partial charge in [0.05, 0.1) is 0 Å². The molecule has 0 aromatic carbocycles. The van der Waals surface area contributed by atoms with Gasteiger partial charge < -0.3 is 5.73 Å². The molecule has 0 radical (unpaired) electrons. The fourth-order valence-corrected chi connectivity index (χ4v) is 0.882. The van der Waals surface area contributed by atoms with Crippen LogP contribution in [0.4, 0.5) is 0 Å². The molecule has 0 bridgehead atoms. The highest BCUT2D eigenvalue weighted by atomic mass is 16.1. The molecule has 1 aromatic rings. The second-order valence-electron chi connectivity index (χ2n) is 3.10. The van der Waals surface area contributed by atoms with Crippen molar-refractivity contribution >= 4 is 5.91 Å². The van der Waals surface area contributed by atoms with Crippen LogP contribution in [0.5, 0.6) is 0 Å². The maximum atomic E-state index is 10.4. The molecule has 0 atom stereocenters. The molecule has 1 rings (SSSR count). The van der Waals surface area contributed by atoms with Crippen molar-refractivity contribution in [3.8, 4) is 11.8 Å². The zero-order valence-electron chi connectivity index (χ0n) is 8.11. The lowest BCUT2D eigenvalue weighted by molar-refractivity contribution is -0.112. The van der Waals surface area contributed by atoms with E-state index in [1.165, 1.54) is 6.33 Å². The van der Waals surface area contributed by atoms with Crippen molar-refractivity contribution in [2.24, 2.45) is 5.73 Å². The fraction of sp³-hybridized carbons (Fsp3) is 0.300. The van der Waals surface area contributed by atoms with E-state index in [2.05, 4.69) is 21.8 Å². The lowest BCUT2D eigenvalue weighted by Crippen LogP contribution is -2.06. The summed E-state index contributed by atoms with van der Waals surface area (Å²) in [6.45, 7) is 4.04. The monoisotopic (exact) mass is 189 g/mol. The number of hydrogen-bond donors (Lipinski definition) is 1. The van der Waals surface area contributed by atoms with Crippen LogP contribution >= 0.6 is 0 Å². The van der Waals surface area contributed by atoms with Crippen molar-refractivity contribution < 1.29 is 4.79 Å². The first kappa shape index (κ1) is 10.2. The number of nitrogens with zero attached hydrogens (tertiary/aromatic N) is 2. The molecule has 1 aromatic heterocycles. The molecular weight excluding hydrogens is 178 g/mol. The summed E-state index contributed by atoms with van der Waals surface area (Å²) in [5.41, 5.74) is 6.30. The molecular formula is C10H11N3O. The van der Waals surface area contributed by atoms with Crippen molar-refractivity contribution in [1.29, 1.82) is 0 Å². The third kappa shape index (κ3) is 2.87. The molecule has 0 fully saturated rings. The van der Waals surface area contributed by atoms with Gasteiger partial charge in [-0.2, -0.15) is 0 Å². The molecule has 4 heteroatoms. The third-order valence-electron chi connectivity index (χ3n) is 1.59. The smallest absolute Gasteiger partial charge is 0.293 e. The van der Waals surface area contributed by atoms with Gasteiger partial charge in [-0.1, -0.05) is 13.8 Å². The summed E-state index contributed by atoms with van der Waals surface area (Å²) in [7, 11) is 0. The number of carbonyl (C=O) groups excluding carboxylic acids is 1. The highest BCUT2D eigenvalue weighted by Crippen LogP contribution is 2.10. The minimum atomic E-state index is -0.658. The summed E-state index contributed by atoms with van der Waals surface area (Å²) in [4.78, 5) is 18.4. The Morgan fingerprint density at radius 1 is 1.50 bits per heavy atom. The van der Waals surface area contributed by atoms with E-state index in [4.69, 9.17) is 5.73 Å². The number of nitrogens with two attached hydrogens (primary N) is 1. The molecule has 0 spiro atoms. The molecule has 0 aliphatic heterocycles. The van der Waals surface area contributed by atoms with Crippen LogP contribution in [0.2, 0.25) is 0 Å². The Balaban J connectivity index is 2.96. The number of aromatic nitrogens is 2. The van der Waals surface area contributed by atoms with E-state index < -0.39 is 5.91 Å². The summed E-state index contributed by atoms with van der Waals surface area (Å²) in [5.74, 6) is 4.44. The van der Waals surface area contributed by atoms with Crippen molar-refractivity contribution in [2.75, 3.05) is 0 Å². The molecule has 1 heterocycles. The third-order valence-corrected chi connectivity index (χ3v) is 1.59. The number of rotatable bonds is 1. The van der Waals surface area contributed by atoms with Crippen LogP contribution in [-0.4, -0.2) is 15.9 Å². The molecule has 0 unspecified atom stereocenters. The molecule has 0 aliphatic rings. The lowest BCUT2D eigenvalue weighted by Gasteiger charge is -2.02. The van der Waals surface area contributed by atoms with Crippen LogP contribution < -0.4 is 5.73 Å². The first-order chi connectivity index (χ1) is 6.59. The second-order valence-corrected chi connectivity index (χ2v) is 3.10. The van der Waals surface area contributed by atoms with Gasteiger partial charge in [-0.15, -0.1) is 0 Å². The lowest BCUT2D eigenvalue weighted by atomic mass is 10.1. The molecule has 14 heavy (non-hydrogen) atoms. The van der Waals surface area contributed by atoms with Crippen LogP contribution in [-0.2, 0) is 4.79 Å². The minimum absolute atomic E-state index is 0.312. The number of carbonyl (C=O) groups is 1. The predicted molar refractivity (Wildman–Crippen MR) is 52.2 cm³/mol. The van der Waals surface area contributed by atoms with Crippen molar-refractivity contribution in [3.05, 3.63) is 23.8 Å². The van der Waals surface area contributed by atoms with Gasteiger partial charge in [0.2, 0.25) is 0 Å². The average Bonchev–Trinajstić information content (AvgIpc) is 2.15. The van der Waals surface area contributed by atoms with Crippen molar-refractivity contribution in [2.45, 2.75) is 19.8 Å². The summed E-state index contributed by atoms with van der Waals surface area (Å²) in [5, 5.41) is 0. The Morgan fingerprint density at radius 2 is 2.21 bits per heavy atom. The minimum Gasteiger partial charge on any atom is -0.359 e. The Kier molecular flexibility index (Phi) is 3.19. The van der Waals surface area contributed by atoms with Gasteiger partial charge in [-0.25, -0.2) is 9.97 Å². The van der Waals surface area contributed by atoms with E-state index in [9.17, 15) is 4.79 Å². The molecule has 4 nitrogen and oxygen atoms in total. The zero-order valence-corrected chi connectivity index (χ0v) is 8.11. The van der Waals surface area contributed by atoms with Crippen LogP contribution in [0.1, 0.15) is 31.2 Å². The van der Waals surface area contributed by atoms with Crippen LogP contribution in [0, 0.1) is 11.8 Å². The van der Waals surface area contributed by atoms with E-state index in [1.807, 2.05) is 13.8 Å². The quantitative estimate of drug-likeness (QED) is 0.651. The number of hydrogen-bond acceptors (Lipinski definition) is 3. The van der Waals surface area contributed by atoms with Crippen LogP contribution in [0.25, 0.3) is 0 Å². The van der Waals surface area contributed by atoms with Gasteiger partial charge in [0.1, 0.15) is 12.0 Å². The van der Waals surface area contributed by atoms with E-state index >= 15 is 0 Å². The SMILES string of the molecule is CC(C)c1cc(C#CC(N)=O)ncn1. The van der Waals surface area contributed by atoms with Crippen LogP contribution in [0.3, 0.4) is 0 Å². The molecule has 0 saturated heterocycles. The normalized spacial score (nSPS) is 9.36. The molecule has 0 saturated carbocycles. The van der Waals surface area contributed by atoms with E-state index in [1.54, 1.807) is 6.07 Å². The van der Waals surface area contributed by atoms with E-state index in [-0.39, 0.29) is 0 Å². The van der Waals surface area contributed by atoms with Crippen molar-refractivity contribution in [1.82, 2.24) is 9.97 Å². The first-order valence-electron chi connectivity index (χ1n) is 4.23. The Morgan fingerprint density at radius 3 is 2.79 bits per heavy atom. The summed E-state index contributed by atoms with van der Waals surface area (Å²) in [6.07, 6.45) is 1.43. The van der Waals surface area contributed by atoms with Gasteiger partial charge in [0.25, 0.3) is 5.91 Å². The van der Waals surface area contributed by atoms with E-state index in [0.717, 1.165) is 5.69 Å². The highest BCUT2D eigenvalue weighted by molar-refractivity contribution is 5.92.